The minimum Gasteiger partial charge on any atom is -0.433 e. The van der Waals surface area contributed by atoms with E-state index in [1.54, 1.807) is 23.8 Å². The van der Waals surface area contributed by atoms with Crippen LogP contribution in [-0.2, 0) is 39.3 Å². The number of aromatic nitrogens is 1. The van der Waals surface area contributed by atoms with Crippen molar-refractivity contribution in [2.45, 2.75) is 129 Å². The van der Waals surface area contributed by atoms with Gasteiger partial charge in [-0.3, -0.25) is 14.4 Å². The van der Waals surface area contributed by atoms with E-state index < -0.39 is 55.7 Å². The zero-order valence-corrected chi connectivity index (χ0v) is 35.0. The summed E-state index contributed by atoms with van der Waals surface area (Å²) in [4.78, 5) is 60.6. The molecular weight excluding hydrogens is 751 g/mol. The van der Waals surface area contributed by atoms with Crippen molar-refractivity contribution in [2.24, 2.45) is 11.1 Å². The molecule has 2 heterocycles. The van der Waals surface area contributed by atoms with Crippen molar-refractivity contribution in [3.05, 3.63) is 41.0 Å². The second-order valence-corrected chi connectivity index (χ2v) is 20.7. The first-order valence-electron chi connectivity index (χ1n) is 18.8. The molecule has 1 saturated heterocycles. The van der Waals surface area contributed by atoms with Gasteiger partial charge in [-0.2, -0.15) is 0 Å². The molecule has 16 heteroatoms. The molecule has 3 amide bonds. The Morgan fingerprint density at radius 2 is 1.67 bits per heavy atom. The fourth-order valence-corrected chi connectivity index (χ4v) is 9.74. The normalized spacial score (nSPS) is 17.1. The van der Waals surface area contributed by atoms with Gasteiger partial charge in [0.1, 0.15) is 24.8 Å². The molecular formula is C38H59N5O8S3. The van der Waals surface area contributed by atoms with Crippen LogP contribution in [0.15, 0.2) is 29.8 Å². The highest BCUT2D eigenvalue weighted by Gasteiger charge is 2.46. The van der Waals surface area contributed by atoms with E-state index in [2.05, 4.69) is 15.6 Å². The standard InChI is InChI=1S/C38H59N5O8S3/c1-26(53-54(6,48)49)24-50-37(47)51-30-21-31(35(45)40-22-28-16-18-29(19-17-28)33-27(2)41-25-52-33)43(23-30)36(46)34(38(3,4)5)42-32(44)15-13-11-9-7-8-10-12-14-20-39/h16-19,25-26,30-31,34H,7-15,20-24,39H2,1-6H3,(H,40,45)(H,42,44). The number of nitrogens with one attached hydrogen (secondary N) is 2. The molecule has 4 N–H and O–H groups in total. The van der Waals surface area contributed by atoms with Gasteiger partial charge in [-0.1, -0.05) is 83.6 Å². The number of rotatable bonds is 21. The van der Waals surface area contributed by atoms with Crippen molar-refractivity contribution in [3.63, 3.8) is 0 Å². The summed E-state index contributed by atoms with van der Waals surface area (Å²) in [5, 5.41) is 5.35. The number of hydrogen-bond donors (Lipinski definition) is 3. The summed E-state index contributed by atoms with van der Waals surface area (Å²) in [7, 11) is -2.68. The minimum absolute atomic E-state index is 0.0148. The fourth-order valence-electron chi connectivity index (χ4n) is 6.25. The van der Waals surface area contributed by atoms with E-state index in [1.165, 1.54) is 11.3 Å². The van der Waals surface area contributed by atoms with Gasteiger partial charge in [0.2, 0.25) is 17.7 Å². The van der Waals surface area contributed by atoms with Crippen molar-refractivity contribution in [3.8, 4) is 10.4 Å². The molecule has 1 aliphatic heterocycles. The molecule has 4 atom stereocenters. The lowest BCUT2D eigenvalue weighted by atomic mass is 9.85. The topological polar surface area (TPSA) is 187 Å². The van der Waals surface area contributed by atoms with E-state index in [9.17, 15) is 27.6 Å². The summed E-state index contributed by atoms with van der Waals surface area (Å²) in [5.74, 6) is -1.11. The highest BCUT2D eigenvalue weighted by molar-refractivity contribution is 8.72. The van der Waals surface area contributed by atoms with Crippen LogP contribution >= 0.6 is 22.1 Å². The first-order valence-corrected chi connectivity index (χ1v) is 22.9. The van der Waals surface area contributed by atoms with Gasteiger partial charge in [0.05, 0.1) is 27.9 Å². The number of ether oxygens (including phenoxy) is 2. The van der Waals surface area contributed by atoms with Crippen molar-refractivity contribution >= 4 is 54.9 Å². The van der Waals surface area contributed by atoms with Crippen LogP contribution in [0.3, 0.4) is 0 Å². The van der Waals surface area contributed by atoms with Gasteiger partial charge < -0.3 is 30.7 Å². The second kappa shape index (κ2) is 21.8. The molecule has 0 aliphatic carbocycles. The third kappa shape index (κ3) is 15.5. The minimum atomic E-state index is -3.35. The molecule has 302 valence electrons. The predicted molar refractivity (Wildman–Crippen MR) is 214 cm³/mol. The lowest BCUT2D eigenvalue weighted by Gasteiger charge is -2.35. The zero-order chi connectivity index (χ0) is 39.9. The summed E-state index contributed by atoms with van der Waals surface area (Å²) in [5.41, 5.74) is 9.49. The third-order valence-corrected chi connectivity index (χ3v) is 12.9. The average Bonchev–Trinajstić information content (AvgIpc) is 3.72. The van der Waals surface area contributed by atoms with E-state index in [4.69, 9.17) is 15.2 Å². The molecule has 3 rings (SSSR count). The summed E-state index contributed by atoms with van der Waals surface area (Å²) >= 11 is 1.56. The molecule has 1 aromatic heterocycles. The zero-order valence-electron chi connectivity index (χ0n) is 32.6. The average molecular weight is 810 g/mol. The van der Waals surface area contributed by atoms with Crippen molar-refractivity contribution in [1.29, 1.82) is 0 Å². The highest BCUT2D eigenvalue weighted by atomic mass is 33.1. The second-order valence-electron chi connectivity index (χ2n) is 15.1. The SMILES string of the molecule is Cc1ncsc1-c1ccc(CNC(=O)C2CC(OC(=O)OCC(C)SS(C)(=O)=O)CN2C(=O)C(NC(=O)CCCCCCCCCCN)C(C)(C)C)cc1. The maximum atomic E-state index is 14.3. The molecule has 1 fully saturated rings. The number of aryl methyl sites for hydroxylation is 1. The van der Waals surface area contributed by atoms with Gasteiger partial charge in [0, 0.05) is 25.6 Å². The van der Waals surface area contributed by atoms with Crippen molar-refractivity contribution in [1.82, 2.24) is 20.5 Å². The molecule has 54 heavy (non-hydrogen) atoms. The third-order valence-electron chi connectivity index (χ3n) is 9.09. The molecule has 1 aromatic carbocycles. The van der Waals surface area contributed by atoms with Crippen LogP contribution in [0, 0.1) is 12.3 Å². The number of amides is 3. The van der Waals surface area contributed by atoms with Crippen LogP contribution in [0.1, 0.15) is 103 Å². The molecule has 4 unspecified atom stereocenters. The Morgan fingerprint density at radius 3 is 2.24 bits per heavy atom. The van der Waals surface area contributed by atoms with Gasteiger partial charge in [-0.15, -0.1) is 11.3 Å². The molecule has 1 aliphatic rings. The summed E-state index contributed by atoms with van der Waals surface area (Å²) in [6.07, 6.45) is 7.76. The van der Waals surface area contributed by atoms with E-state index in [1.807, 2.05) is 52.0 Å². The largest absolute Gasteiger partial charge is 0.508 e. The Bertz CT molecular complexity index is 1630. The number of hydrogen-bond acceptors (Lipinski definition) is 12. The Labute approximate surface area is 328 Å². The van der Waals surface area contributed by atoms with Crippen molar-refractivity contribution < 1.29 is 37.1 Å². The van der Waals surface area contributed by atoms with Crippen LogP contribution in [0.5, 0.6) is 0 Å². The number of nitrogens with zero attached hydrogens (tertiary/aromatic N) is 2. The number of benzene rings is 1. The smallest absolute Gasteiger partial charge is 0.433 e. The number of nitrogens with two attached hydrogens (primary N) is 1. The first kappa shape index (κ1) is 45.2. The number of thiazole rings is 1. The van der Waals surface area contributed by atoms with E-state index in [0.29, 0.717) is 17.2 Å². The van der Waals surface area contributed by atoms with Gasteiger partial charge >= 0.3 is 6.16 Å². The first-order chi connectivity index (χ1) is 25.5. The van der Waals surface area contributed by atoms with Crippen LogP contribution in [-0.4, -0.2) is 91.6 Å². The predicted octanol–water partition coefficient (Wildman–Crippen LogP) is 5.94. The quantitative estimate of drug-likeness (QED) is 0.0770. The lowest BCUT2D eigenvalue weighted by molar-refractivity contribution is -0.144. The summed E-state index contributed by atoms with van der Waals surface area (Å²) < 4.78 is 33.9. The monoisotopic (exact) mass is 809 g/mol. The summed E-state index contributed by atoms with van der Waals surface area (Å²) in [6.45, 7) is 9.75. The molecule has 0 bridgehead atoms. The highest BCUT2D eigenvalue weighted by Crippen LogP contribution is 2.29. The number of carbonyl (C=O) groups excluding carboxylic acids is 4. The maximum absolute atomic E-state index is 14.3. The van der Waals surface area contributed by atoms with Gasteiger partial charge in [0.15, 0.2) is 8.87 Å². The van der Waals surface area contributed by atoms with Crippen LogP contribution in [0.2, 0.25) is 0 Å². The lowest BCUT2D eigenvalue weighted by Crippen LogP contribution is -2.57. The van der Waals surface area contributed by atoms with Gasteiger partial charge in [0.25, 0.3) is 0 Å². The number of carbonyl (C=O) groups is 4. The maximum Gasteiger partial charge on any atom is 0.508 e. The molecule has 0 spiro atoms. The Hall–Kier alpha value is -3.21. The Kier molecular flexibility index (Phi) is 18.2. The Balaban J connectivity index is 1.67. The fraction of sp³-hybridized carbons (Fsp3) is 0.658. The van der Waals surface area contributed by atoms with E-state index in [-0.39, 0.29) is 38.4 Å². The molecule has 0 radical (unpaired) electrons. The summed E-state index contributed by atoms with van der Waals surface area (Å²) in [6, 6.07) is 5.86. The Morgan fingerprint density at radius 1 is 1.04 bits per heavy atom. The van der Waals surface area contributed by atoms with Gasteiger partial charge in [-0.25, -0.2) is 18.2 Å². The molecule has 2 aromatic rings. The van der Waals surface area contributed by atoms with Crippen LogP contribution in [0.4, 0.5) is 4.79 Å². The number of likely N-dealkylation sites (tertiary alicyclic amines) is 1. The van der Waals surface area contributed by atoms with Crippen LogP contribution < -0.4 is 16.4 Å². The molecule has 13 nitrogen and oxygen atoms in total. The van der Waals surface area contributed by atoms with E-state index in [0.717, 1.165) is 73.0 Å². The number of unbranched alkanes of at least 4 members (excludes halogenated alkanes) is 7. The van der Waals surface area contributed by atoms with Gasteiger partial charge in [-0.05, 0) is 60.6 Å². The van der Waals surface area contributed by atoms with Crippen molar-refractivity contribution in [2.75, 3.05) is 26.0 Å². The molecule has 0 saturated carbocycles. The van der Waals surface area contributed by atoms with E-state index >= 15 is 0 Å². The van der Waals surface area contributed by atoms with Crippen LogP contribution in [0.25, 0.3) is 10.4 Å².